The van der Waals surface area contributed by atoms with Crippen molar-refractivity contribution in [3.05, 3.63) is 23.5 Å². The number of halogens is 1. The molecule has 0 aromatic heterocycles. The summed E-state index contributed by atoms with van der Waals surface area (Å²) in [6.07, 6.45) is 1.13. The second kappa shape index (κ2) is 5.31. The molecule has 3 unspecified atom stereocenters. The Bertz CT molecular complexity index is 533. The van der Waals surface area contributed by atoms with Crippen LogP contribution in [0, 0.1) is 17.7 Å². The minimum atomic E-state index is -1.30. The molecule has 1 aromatic rings. The van der Waals surface area contributed by atoms with Crippen LogP contribution in [0.25, 0.3) is 0 Å². The Hall–Kier alpha value is -1.78. The van der Waals surface area contributed by atoms with Crippen molar-refractivity contribution in [2.75, 3.05) is 17.2 Å². The van der Waals surface area contributed by atoms with Gasteiger partial charge in [-0.15, -0.1) is 0 Å². The van der Waals surface area contributed by atoms with E-state index < -0.39 is 11.8 Å². The molecule has 0 bridgehead atoms. The maximum Gasteiger partial charge on any atom is 0.338 e. The van der Waals surface area contributed by atoms with Crippen LogP contribution >= 0.6 is 0 Å². The monoisotopic (exact) mass is 280 g/mol. The van der Waals surface area contributed by atoms with Crippen LogP contribution in [-0.2, 0) is 0 Å². The molecule has 3 N–H and O–H groups in total. The first-order valence-corrected chi connectivity index (χ1v) is 6.90. The molecule has 1 aromatic carbocycles. The van der Waals surface area contributed by atoms with Gasteiger partial charge in [-0.25, -0.2) is 9.18 Å². The van der Waals surface area contributed by atoms with Gasteiger partial charge in [-0.2, -0.15) is 0 Å². The SMILES string of the molecule is CC1CC(C)C(C)N(c2cc(F)c(C(=O)O)cc2N)C1. The van der Waals surface area contributed by atoms with E-state index in [1.54, 1.807) is 0 Å². The molecule has 0 radical (unpaired) electrons. The van der Waals surface area contributed by atoms with Crippen LogP contribution in [0.1, 0.15) is 37.6 Å². The van der Waals surface area contributed by atoms with Gasteiger partial charge < -0.3 is 15.7 Å². The van der Waals surface area contributed by atoms with Gasteiger partial charge in [0.1, 0.15) is 5.82 Å². The number of hydrogen-bond acceptors (Lipinski definition) is 3. The Morgan fingerprint density at radius 1 is 1.40 bits per heavy atom. The fourth-order valence-corrected chi connectivity index (χ4v) is 3.03. The fraction of sp³-hybridized carbons (Fsp3) is 0.533. The minimum Gasteiger partial charge on any atom is -0.478 e. The molecule has 1 heterocycles. The zero-order valence-electron chi connectivity index (χ0n) is 12.1. The van der Waals surface area contributed by atoms with Gasteiger partial charge in [0, 0.05) is 18.7 Å². The van der Waals surface area contributed by atoms with Crippen LogP contribution < -0.4 is 10.6 Å². The van der Waals surface area contributed by atoms with Crippen molar-refractivity contribution in [3.63, 3.8) is 0 Å². The molecule has 20 heavy (non-hydrogen) atoms. The van der Waals surface area contributed by atoms with Gasteiger partial charge in [-0.3, -0.25) is 0 Å². The first kappa shape index (κ1) is 14.6. The first-order valence-electron chi connectivity index (χ1n) is 6.90. The van der Waals surface area contributed by atoms with E-state index in [0.29, 0.717) is 23.2 Å². The van der Waals surface area contributed by atoms with Gasteiger partial charge in [0.05, 0.1) is 16.9 Å². The number of carboxylic acid groups (broad SMARTS) is 1. The van der Waals surface area contributed by atoms with E-state index in [9.17, 15) is 9.18 Å². The molecule has 0 amide bonds. The number of hydrogen-bond donors (Lipinski definition) is 2. The number of carboxylic acids is 1. The van der Waals surface area contributed by atoms with Crippen LogP contribution in [0.4, 0.5) is 15.8 Å². The maximum absolute atomic E-state index is 13.9. The number of piperidine rings is 1. The second-order valence-electron chi connectivity index (χ2n) is 5.91. The molecular weight excluding hydrogens is 259 g/mol. The first-order chi connectivity index (χ1) is 9.31. The van der Waals surface area contributed by atoms with E-state index in [4.69, 9.17) is 10.8 Å². The van der Waals surface area contributed by atoms with Gasteiger partial charge in [-0.05, 0) is 31.2 Å². The smallest absolute Gasteiger partial charge is 0.338 e. The van der Waals surface area contributed by atoms with Crippen molar-refractivity contribution < 1.29 is 14.3 Å². The molecule has 1 saturated heterocycles. The fourth-order valence-electron chi connectivity index (χ4n) is 3.03. The summed E-state index contributed by atoms with van der Waals surface area (Å²) in [5.74, 6) is -1.04. The summed E-state index contributed by atoms with van der Waals surface area (Å²) in [6, 6.07) is 2.72. The van der Waals surface area contributed by atoms with E-state index >= 15 is 0 Å². The topological polar surface area (TPSA) is 66.6 Å². The number of carbonyl (C=O) groups is 1. The molecule has 3 atom stereocenters. The van der Waals surface area contributed by atoms with E-state index in [-0.39, 0.29) is 11.6 Å². The normalized spacial score (nSPS) is 26.6. The van der Waals surface area contributed by atoms with Crippen molar-refractivity contribution in [2.24, 2.45) is 11.8 Å². The molecule has 2 rings (SSSR count). The van der Waals surface area contributed by atoms with Crippen molar-refractivity contribution in [1.82, 2.24) is 0 Å². The van der Waals surface area contributed by atoms with Crippen LogP contribution in [0.15, 0.2) is 12.1 Å². The Labute approximate surface area is 118 Å². The quantitative estimate of drug-likeness (QED) is 0.817. The van der Waals surface area contributed by atoms with Gasteiger partial charge >= 0.3 is 5.97 Å². The zero-order chi connectivity index (χ0) is 15.0. The zero-order valence-corrected chi connectivity index (χ0v) is 12.1. The number of anilines is 2. The van der Waals surface area contributed by atoms with Crippen molar-refractivity contribution in [1.29, 1.82) is 0 Å². The third-order valence-electron chi connectivity index (χ3n) is 4.25. The van der Waals surface area contributed by atoms with Crippen LogP contribution in [0.2, 0.25) is 0 Å². The Morgan fingerprint density at radius 2 is 2.05 bits per heavy atom. The lowest BCUT2D eigenvalue weighted by atomic mass is 9.85. The van der Waals surface area contributed by atoms with E-state index in [1.807, 2.05) is 0 Å². The third kappa shape index (κ3) is 2.57. The molecule has 1 aliphatic heterocycles. The lowest BCUT2D eigenvalue weighted by molar-refractivity contribution is 0.0692. The molecular formula is C15H21FN2O2. The second-order valence-corrected chi connectivity index (χ2v) is 5.91. The maximum atomic E-state index is 13.9. The molecule has 110 valence electrons. The minimum absolute atomic E-state index is 0.253. The summed E-state index contributed by atoms with van der Waals surface area (Å²) in [5, 5.41) is 8.92. The van der Waals surface area contributed by atoms with Crippen molar-refractivity contribution >= 4 is 17.3 Å². The van der Waals surface area contributed by atoms with Crippen molar-refractivity contribution in [2.45, 2.75) is 33.2 Å². The van der Waals surface area contributed by atoms with Crippen LogP contribution in [0.5, 0.6) is 0 Å². The summed E-state index contributed by atoms with van der Waals surface area (Å²) in [4.78, 5) is 13.0. The highest BCUT2D eigenvalue weighted by Gasteiger charge is 2.30. The number of nitrogen functional groups attached to an aromatic ring is 1. The standard InChI is InChI=1S/C15H21FN2O2/c1-8-4-9(2)10(3)18(7-8)14-6-12(16)11(15(19)20)5-13(14)17/h5-6,8-10H,4,7,17H2,1-3H3,(H,19,20). The Morgan fingerprint density at radius 3 is 2.65 bits per heavy atom. The lowest BCUT2D eigenvalue weighted by Crippen LogP contribution is -2.46. The molecule has 4 nitrogen and oxygen atoms in total. The number of aromatic carboxylic acids is 1. The number of nitrogens with two attached hydrogens (primary N) is 1. The third-order valence-corrected chi connectivity index (χ3v) is 4.25. The Balaban J connectivity index is 2.42. The van der Waals surface area contributed by atoms with Gasteiger partial charge in [0.25, 0.3) is 0 Å². The highest BCUT2D eigenvalue weighted by Crippen LogP contribution is 2.35. The van der Waals surface area contributed by atoms with E-state index in [1.165, 1.54) is 12.1 Å². The summed E-state index contributed by atoms with van der Waals surface area (Å²) >= 11 is 0. The predicted molar refractivity (Wildman–Crippen MR) is 77.5 cm³/mol. The van der Waals surface area contributed by atoms with E-state index in [0.717, 1.165) is 13.0 Å². The Kier molecular flexibility index (Phi) is 3.88. The average molecular weight is 280 g/mol. The summed E-state index contributed by atoms with van der Waals surface area (Å²) in [5.41, 5.74) is 6.47. The van der Waals surface area contributed by atoms with Crippen LogP contribution in [0.3, 0.4) is 0 Å². The number of benzene rings is 1. The van der Waals surface area contributed by atoms with Gasteiger partial charge in [0.15, 0.2) is 0 Å². The molecule has 1 aliphatic rings. The average Bonchev–Trinajstić information content (AvgIpc) is 2.36. The van der Waals surface area contributed by atoms with Crippen LogP contribution in [-0.4, -0.2) is 23.7 Å². The number of rotatable bonds is 2. The number of nitrogens with zero attached hydrogens (tertiary/aromatic N) is 1. The highest BCUT2D eigenvalue weighted by molar-refractivity contribution is 5.91. The van der Waals surface area contributed by atoms with E-state index in [2.05, 4.69) is 25.7 Å². The summed E-state index contributed by atoms with van der Waals surface area (Å²) in [6.45, 7) is 7.24. The molecule has 0 aliphatic carbocycles. The summed E-state index contributed by atoms with van der Waals surface area (Å²) < 4.78 is 13.9. The molecule has 0 saturated carbocycles. The lowest BCUT2D eigenvalue weighted by Gasteiger charge is -2.43. The van der Waals surface area contributed by atoms with Gasteiger partial charge in [0.2, 0.25) is 0 Å². The van der Waals surface area contributed by atoms with Gasteiger partial charge in [-0.1, -0.05) is 13.8 Å². The largest absolute Gasteiger partial charge is 0.478 e. The summed E-state index contributed by atoms with van der Waals surface area (Å²) in [7, 11) is 0. The molecule has 5 heteroatoms. The predicted octanol–water partition coefficient (Wildman–Crippen LogP) is 2.98. The highest BCUT2D eigenvalue weighted by atomic mass is 19.1. The molecule has 1 fully saturated rings. The van der Waals surface area contributed by atoms with Crippen molar-refractivity contribution in [3.8, 4) is 0 Å². The molecule has 0 spiro atoms.